The van der Waals surface area contributed by atoms with E-state index in [9.17, 15) is 5.11 Å². The highest BCUT2D eigenvalue weighted by molar-refractivity contribution is 5.83. The topological polar surface area (TPSA) is 41.8 Å². The molecular weight excluding hydrogens is 190 g/mol. The van der Waals surface area contributed by atoms with Crippen LogP contribution in [-0.2, 0) is 4.74 Å². The van der Waals surface area contributed by atoms with E-state index >= 15 is 0 Å². The lowest BCUT2D eigenvalue weighted by Crippen LogP contribution is -2.08. The van der Waals surface area contributed by atoms with Crippen LogP contribution in [0.2, 0.25) is 0 Å². The molecule has 1 atom stereocenters. The van der Waals surface area contributed by atoms with Gasteiger partial charge in [-0.1, -0.05) is 12.1 Å². The van der Waals surface area contributed by atoms with Gasteiger partial charge in [0.1, 0.15) is 5.75 Å². The van der Waals surface area contributed by atoms with Crippen LogP contribution in [0.25, 0.3) is 0 Å². The summed E-state index contributed by atoms with van der Waals surface area (Å²) in [6, 6.07) is 7.18. The van der Waals surface area contributed by atoms with E-state index in [1.165, 1.54) is 0 Å². The standard InChI is InChI=1S/C12H15NO2/c14-12-6-2-1-4-10(12)8-13-9-11-5-3-7-15-11/h1-2,4,6,8,11,14H,3,5,7,9H2/t11-/m1/s1. The summed E-state index contributed by atoms with van der Waals surface area (Å²) in [4.78, 5) is 4.27. The molecule has 1 aromatic carbocycles. The van der Waals surface area contributed by atoms with Gasteiger partial charge in [-0.2, -0.15) is 0 Å². The van der Waals surface area contributed by atoms with Crippen molar-refractivity contribution < 1.29 is 9.84 Å². The molecule has 0 saturated carbocycles. The molecule has 2 rings (SSSR count). The minimum Gasteiger partial charge on any atom is -0.507 e. The Morgan fingerprint density at radius 1 is 1.47 bits per heavy atom. The lowest BCUT2D eigenvalue weighted by molar-refractivity contribution is 0.118. The minimum atomic E-state index is 0.270. The van der Waals surface area contributed by atoms with Crippen molar-refractivity contribution in [3.05, 3.63) is 29.8 Å². The summed E-state index contributed by atoms with van der Waals surface area (Å²) in [7, 11) is 0. The summed E-state index contributed by atoms with van der Waals surface area (Å²) in [6.45, 7) is 1.55. The maximum absolute atomic E-state index is 9.48. The number of nitrogens with zero attached hydrogens (tertiary/aromatic N) is 1. The molecule has 1 N–H and O–H groups in total. The smallest absolute Gasteiger partial charge is 0.124 e. The zero-order chi connectivity index (χ0) is 10.5. The molecule has 1 saturated heterocycles. The Hall–Kier alpha value is -1.35. The third-order valence-electron chi connectivity index (χ3n) is 2.50. The number of aliphatic imine (C=N–C) groups is 1. The molecule has 1 fully saturated rings. The Morgan fingerprint density at radius 3 is 3.07 bits per heavy atom. The van der Waals surface area contributed by atoms with Crippen LogP contribution >= 0.6 is 0 Å². The van der Waals surface area contributed by atoms with Gasteiger partial charge in [0.05, 0.1) is 12.6 Å². The molecule has 3 heteroatoms. The first kappa shape index (κ1) is 10.2. The fourth-order valence-electron chi connectivity index (χ4n) is 1.65. The molecule has 0 radical (unpaired) electrons. The normalized spacial score (nSPS) is 21.2. The van der Waals surface area contributed by atoms with Gasteiger partial charge in [0.2, 0.25) is 0 Å². The number of phenolic OH excluding ortho intramolecular Hbond substituents is 1. The van der Waals surface area contributed by atoms with Crippen molar-refractivity contribution in [1.82, 2.24) is 0 Å². The van der Waals surface area contributed by atoms with Gasteiger partial charge in [0, 0.05) is 18.4 Å². The van der Waals surface area contributed by atoms with Crippen LogP contribution in [0.1, 0.15) is 18.4 Å². The number of aromatic hydroxyl groups is 1. The molecule has 15 heavy (non-hydrogen) atoms. The van der Waals surface area contributed by atoms with Crippen LogP contribution in [0.4, 0.5) is 0 Å². The Bertz CT molecular complexity index is 343. The van der Waals surface area contributed by atoms with Crippen molar-refractivity contribution in [2.75, 3.05) is 13.2 Å². The van der Waals surface area contributed by atoms with Gasteiger partial charge in [0.25, 0.3) is 0 Å². The van der Waals surface area contributed by atoms with Gasteiger partial charge in [-0.05, 0) is 25.0 Å². The van der Waals surface area contributed by atoms with E-state index in [0.717, 1.165) is 25.0 Å². The highest BCUT2D eigenvalue weighted by Gasteiger charge is 2.13. The molecule has 0 amide bonds. The van der Waals surface area contributed by atoms with Gasteiger partial charge in [-0.15, -0.1) is 0 Å². The second kappa shape index (κ2) is 4.94. The van der Waals surface area contributed by atoms with Crippen molar-refractivity contribution in [1.29, 1.82) is 0 Å². The molecule has 1 aliphatic heterocycles. The monoisotopic (exact) mass is 205 g/mol. The van der Waals surface area contributed by atoms with Crippen molar-refractivity contribution in [2.24, 2.45) is 4.99 Å². The summed E-state index contributed by atoms with van der Waals surface area (Å²) in [5.74, 6) is 0.272. The molecule has 0 bridgehead atoms. The Kier molecular flexibility index (Phi) is 3.35. The third-order valence-corrected chi connectivity index (χ3v) is 2.50. The first-order valence-electron chi connectivity index (χ1n) is 5.25. The van der Waals surface area contributed by atoms with E-state index in [-0.39, 0.29) is 11.9 Å². The molecule has 1 aromatic rings. The second-order valence-electron chi connectivity index (χ2n) is 3.69. The number of benzene rings is 1. The largest absolute Gasteiger partial charge is 0.507 e. The summed E-state index contributed by atoms with van der Waals surface area (Å²) in [5, 5.41) is 9.48. The van der Waals surface area contributed by atoms with Gasteiger partial charge >= 0.3 is 0 Å². The Balaban J connectivity index is 1.90. The lowest BCUT2D eigenvalue weighted by Gasteiger charge is -2.04. The van der Waals surface area contributed by atoms with Crippen molar-refractivity contribution in [2.45, 2.75) is 18.9 Å². The summed E-state index contributed by atoms with van der Waals surface area (Å²) in [5.41, 5.74) is 0.760. The zero-order valence-corrected chi connectivity index (χ0v) is 8.60. The quantitative estimate of drug-likeness (QED) is 0.767. The first-order valence-corrected chi connectivity index (χ1v) is 5.25. The molecule has 0 aromatic heterocycles. The summed E-state index contributed by atoms with van der Waals surface area (Å²) >= 11 is 0. The number of ether oxygens (including phenoxy) is 1. The molecule has 1 aliphatic rings. The number of phenols is 1. The van der Waals surface area contributed by atoms with Crippen LogP contribution in [-0.4, -0.2) is 30.6 Å². The minimum absolute atomic E-state index is 0.270. The average Bonchev–Trinajstić information content (AvgIpc) is 2.74. The van der Waals surface area contributed by atoms with Crippen molar-refractivity contribution >= 4 is 6.21 Å². The summed E-state index contributed by atoms with van der Waals surface area (Å²) in [6.07, 6.45) is 4.21. The van der Waals surface area contributed by atoms with Gasteiger partial charge in [0.15, 0.2) is 0 Å². The SMILES string of the molecule is Oc1ccccc1C=NC[C@H]1CCCO1. The molecule has 1 heterocycles. The van der Waals surface area contributed by atoms with Crippen LogP contribution in [0, 0.1) is 0 Å². The van der Waals surface area contributed by atoms with E-state index in [1.54, 1.807) is 18.3 Å². The molecule has 0 aliphatic carbocycles. The predicted octanol–water partition coefficient (Wildman–Crippen LogP) is 1.99. The molecule has 80 valence electrons. The van der Waals surface area contributed by atoms with Crippen LogP contribution in [0.3, 0.4) is 0 Å². The van der Waals surface area contributed by atoms with E-state index in [1.807, 2.05) is 12.1 Å². The maximum atomic E-state index is 9.48. The molecule has 0 spiro atoms. The second-order valence-corrected chi connectivity index (χ2v) is 3.69. The highest BCUT2D eigenvalue weighted by atomic mass is 16.5. The summed E-state index contributed by atoms with van der Waals surface area (Å²) < 4.78 is 5.44. The highest BCUT2D eigenvalue weighted by Crippen LogP contribution is 2.14. The fourth-order valence-corrected chi connectivity index (χ4v) is 1.65. The predicted molar refractivity (Wildman–Crippen MR) is 59.5 cm³/mol. The third kappa shape index (κ3) is 2.80. The maximum Gasteiger partial charge on any atom is 0.124 e. The Labute approximate surface area is 89.4 Å². The van der Waals surface area contributed by atoms with E-state index in [2.05, 4.69) is 4.99 Å². The van der Waals surface area contributed by atoms with Gasteiger partial charge < -0.3 is 9.84 Å². The van der Waals surface area contributed by atoms with Gasteiger partial charge in [-0.3, -0.25) is 4.99 Å². The van der Waals surface area contributed by atoms with Crippen LogP contribution in [0.15, 0.2) is 29.3 Å². The average molecular weight is 205 g/mol. The zero-order valence-electron chi connectivity index (χ0n) is 8.60. The molecule has 0 unspecified atom stereocenters. The van der Waals surface area contributed by atoms with E-state index in [4.69, 9.17) is 4.74 Å². The van der Waals surface area contributed by atoms with E-state index < -0.39 is 0 Å². The van der Waals surface area contributed by atoms with Crippen molar-refractivity contribution in [3.8, 4) is 5.75 Å². The number of hydrogen-bond donors (Lipinski definition) is 1. The fraction of sp³-hybridized carbons (Fsp3) is 0.417. The van der Waals surface area contributed by atoms with E-state index in [0.29, 0.717) is 6.54 Å². The molecular formula is C12H15NO2. The Morgan fingerprint density at radius 2 is 2.33 bits per heavy atom. The number of hydrogen-bond acceptors (Lipinski definition) is 3. The van der Waals surface area contributed by atoms with Gasteiger partial charge in [-0.25, -0.2) is 0 Å². The van der Waals surface area contributed by atoms with Crippen LogP contribution < -0.4 is 0 Å². The lowest BCUT2D eigenvalue weighted by atomic mass is 10.2. The van der Waals surface area contributed by atoms with Crippen LogP contribution in [0.5, 0.6) is 5.75 Å². The first-order chi connectivity index (χ1) is 7.36. The number of para-hydroxylation sites is 1. The number of rotatable bonds is 3. The molecule has 3 nitrogen and oxygen atoms in total. The van der Waals surface area contributed by atoms with Crippen molar-refractivity contribution in [3.63, 3.8) is 0 Å².